The van der Waals surface area contributed by atoms with E-state index in [2.05, 4.69) is 12.1 Å². The van der Waals surface area contributed by atoms with Gasteiger partial charge in [0.25, 0.3) is 0 Å². The first-order chi connectivity index (χ1) is 13.6. The summed E-state index contributed by atoms with van der Waals surface area (Å²) in [5, 5.41) is 10.2. The van der Waals surface area contributed by atoms with Crippen molar-refractivity contribution in [1.82, 2.24) is 0 Å². The van der Waals surface area contributed by atoms with Crippen molar-refractivity contribution in [3.05, 3.63) is 106 Å². The number of rotatable bonds is 3. The fraction of sp³-hybridized carbons (Fsp3) is 0.200. The molecule has 3 aliphatic rings. The van der Waals surface area contributed by atoms with Crippen LogP contribution in [0.5, 0.6) is 0 Å². The van der Waals surface area contributed by atoms with Gasteiger partial charge < -0.3 is 5.11 Å². The molecule has 2 atom stereocenters. The summed E-state index contributed by atoms with van der Waals surface area (Å²) in [6.45, 7) is 1.98. The van der Waals surface area contributed by atoms with E-state index in [1.807, 2.05) is 67.6 Å². The largest absolute Gasteiger partial charge is 0.481 e. The minimum Gasteiger partial charge on any atom is -0.481 e. The first kappa shape index (κ1) is 16.9. The first-order valence-electron chi connectivity index (χ1n) is 9.59. The van der Waals surface area contributed by atoms with E-state index < -0.39 is 17.8 Å². The summed E-state index contributed by atoms with van der Waals surface area (Å²) < 4.78 is 0. The zero-order valence-corrected chi connectivity index (χ0v) is 15.5. The third-order valence-corrected chi connectivity index (χ3v) is 6.36. The van der Waals surface area contributed by atoms with Crippen LogP contribution in [-0.4, -0.2) is 16.9 Å². The molecule has 3 nitrogen and oxygen atoms in total. The quantitative estimate of drug-likeness (QED) is 0.677. The molecule has 0 aliphatic heterocycles. The Morgan fingerprint density at radius 2 is 1.11 bits per heavy atom. The molecule has 6 rings (SSSR count). The maximum Gasteiger partial charge on any atom is 0.308 e. The number of aliphatic carboxylic acids is 1. The van der Waals surface area contributed by atoms with E-state index in [4.69, 9.17) is 0 Å². The molecule has 3 aliphatic carbocycles. The molecule has 3 heteroatoms. The predicted octanol–water partition coefficient (Wildman–Crippen LogP) is 4.79. The van der Waals surface area contributed by atoms with E-state index in [-0.39, 0.29) is 17.6 Å². The monoisotopic (exact) mass is 368 g/mol. The first-order valence-corrected chi connectivity index (χ1v) is 9.59. The smallest absolute Gasteiger partial charge is 0.308 e. The average molecular weight is 368 g/mol. The second kappa shape index (κ2) is 6.16. The lowest BCUT2D eigenvalue weighted by Crippen LogP contribution is -2.47. The second-order valence-electron chi connectivity index (χ2n) is 7.83. The molecule has 0 amide bonds. The highest BCUT2D eigenvalue weighted by molar-refractivity contribution is 6.02. The molecule has 138 valence electrons. The number of carboxylic acids is 1. The van der Waals surface area contributed by atoms with Crippen LogP contribution >= 0.6 is 0 Å². The van der Waals surface area contributed by atoms with Crippen LogP contribution < -0.4 is 0 Å². The fourth-order valence-corrected chi connectivity index (χ4v) is 5.20. The third kappa shape index (κ3) is 2.29. The number of aryl methyl sites for hydroxylation is 1. The summed E-state index contributed by atoms with van der Waals surface area (Å²) in [5.41, 5.74) is 5.94. The van der Waals surface area contributed by atoms with E-state index in [1.165, 1.54) is 0 Å². The molecule has 28 heavy (non-hydrogen) atoms. The molecule has 0 spiro atoms. The zero-order chi connectivity index (χ0) is 19.4. The standard InChI is InChI=1S/C25H20O3/c1-14-10-12-15(13-11-14)24(26)22-20-16-6-2-4-8-18(16)21(23(22)25(27)28)19-9-5-3-7-17(19)20/h2-13,20-23H,1H3,(H,27,28)/t20?,21?,22-,23-/m1/s1. The maximum atomic E-state index is 13.6. The second-order valence-corrected chi connectivity index (χ2v) is 7.83. The van der Waals surface area contributed by atoms with Crippen molar-refractivity contribution in [2.24, 2.45) is 11.8 Å². The van der Waals surface area contributed by atoms with Gasteiger partial charge >= 0.3 is 5.97 Å². The zero-order valence-electron chi connectivity index (χ0n) is 15.5. The van der Waals surface area contributed by atoms with Gasteiger partial charge in [0.05, 0.1) is 5.92 Å². The lowest BCUT2D eigenvalue weighted by atomic mass is 9.53. The Morgan fingerprint density at radius 1 is 0.679 bits per heavy atom. The van der Waals surface area contributed by atoms with E-state index in [1.54, 1.807) is 0 Å². The van der Waals surface area contributed by atoms with Crippen LogP contribution in [0.25, 0.3) is 0 Å². The van der Waals surface area contributed by atoms with Crippen molar-refractivity contribution in [3.63, 3.8) is 0 Å². The Labute approximate surface area is 163 Å². The summed E-state index contributed by atoms with van der Waals surface area (Å²) in [6, 6.07) is 23.5. The van der Waals surface area contributed by atoms with Crippen molar-refractivity contribution >= 4 is 11.8 Å². The number of carbonyl (C=O) groups is 2. The van der Waals surface area contributed by atoms with Gasteiger partial charge in [0.1, 0.15) is 0 Å². The van der Waals surface area contributed by atoms with E-state index in [9.17, 15) is 14.7 Å². The van der Waals surface area contributed by atoms with Gasteiger partial charge in [-0.25, -0.2) is 0 Å². The Kier molecular flexibility index (Phi) is 3.73. The van der Waals surface area contributed by atoms with Crippen LogP contribution in [-0.2, 0) is 4.79 Å². The lowest BCUT2D eigenvalue weighted by Gasteiger charge is -2.48. The Hall–Kier alpha value is -3.20. The van der Waals surface area contributed by atoms with Gasteiger partial charge in [0.15, 0.2) is 5.78 Å². The van der Waals surface area contributed by atoms with Crippen molar-refractivity contribution in [3.8, 4) is 0 Å². The molecule has 0 heterocycles. The average Bonchev–Trinajstić information content (AvgIpc) is 2.73. The van der Waals surface area contributed by atoms with E-state index >= 15 is 0 Å². The molecule has 3 aromatic rings. The van der Waals surface area contributed by atoms with Crippen LogP contribution in [0.4, 0.5) is 0 Å². The SMILES string of the molecule is Cc1ccc(C(=O)[C@@H]2C3c4ccccc4C(c4ccccc43)[C@H]2C(=O)O)cc1. The van der Waals surface area contributed by atoms with Gasteiger partial charge in [-0.15, -0.1) is 0 Å². The number of carbonyl (C=O) groups excluding carboxylic acids is 1. The number of hydrogen-bond donors (Lipinski definition) is 1. The van der Waals surface area contributed by atoms with Gasteiger partial charge in [-0.05, 0) is 29.2 Å². The number of Topliss-reactive ketones (excluding diaryl/α,β-unsaturated/α-hetero) is 1. The van der Waals surface area contributed by atoms with Crippen LogP contribution in [0.1, 0.15) is 50.0 Å². The lowest BCUT2D eigenvalue weighted by molar-refractivity contribution is -0.144. The summed E-state index contributed by atoms with van der Waals surface area (Å²) in [7, 11) is 0. The maximum absolute atomic E-state index is 13.6. The summed E-state index contributed by atoms with van der Waals surface area (Å²) in [4.78, 5) is 26.0. The van der Waals surface area contributed by atoms with Crippen molar-refractivity contribution in [1.29, 1.82) is 0 Å². The highest BCUT2D eigenvalue weighted by Crippen LogP contribution is 2.58. The third-order valence-electron chi connectivity index (χ3n) is 6.36. The van der Waals surface area contributed by atoms with E-state index in [0.717, 1.165) is 27.8 Å². The summed E-state index contributed by atoms with van der Waals surface area (Å²) in [6.07, 6.45) is 0. The highest BCUT2D eigenvalue weighted by atomic mass is 16.4. The van der Waals surface area contributed by atoms with Crippen molar-refractivity contribution in [2.75, 3.05) is 0 Å². The van der Waals surface area contributed by atoms with E-state index in [0.29, 0.717) is 5.56 Å². The Bertz CT molecular complexity index is 1050. The number of carboxylic acid groups (broad SMARTS) is 1. The summed E-state index contributed by atoms with van der Waals surface area (Å²) >= 11 is 0. The molecule has 0 aromatic heterocycles. The fourth-order valence-electron chi connectivity index (χ4n) is 5.20. The van der Waals surface area contributed by atoms with Gasteiger partial charge in [-0.2, -0.15) is 0 Å². The number of hydrogen-bond acceptors (Lipinski definition) is 2. The minimum atomic E-state index is -0.899. The van der Waals surface area contributed by atoms with Crippen molar-refractivity contribution < 1.29 is 14.7 Å². The minimum absolute atomic E-state index is 0.0774. The summed E-state index contributed by atoms with van der Waals surface area (Å²) in [5.74, 6) is -2.86. The molecule has 0 saturated heterocycles. The van der Waals surface area contributed by atoms with Crippen LogP contribution in [0.3, 0.4) is 0 Å². The number of benzene rings is 3. The van der Waals surface area contributed by atoms with Crippen LogP contribution in [0.2, 0.25) is 0 Å². The molecular weight excluding hydrogens is 348 g/mol. The number of fused-ring (bicyclic) bond motifs is 1. The van der Waals surface area contributed by atoms with Crippen molar-refractivity contribution in [2.45, 2.75) is 18.8 Å². The molecule has 0 radical (unpaired) electrons. The van der Waals surface area contributed by atoms with Gasteiger partial charge in [-0.1, -0.05) is 78.4 Å². The Balaban J connectivity index is 1.74. The molecule has 0 saturated carbocycles. The normalized spacial score (nSPS) is 24.3. The van der Waals surface area contributed by atoms with Gasteiger partial charge in [0, 0.05) is 23.3 Å². The molecule has 3 aromatic carbocycles. The number of ketones is 1. The molecule has 0 fully saturated rings. The highest BCUT2D eigenvalue weighted by Gasteiger charge is 2.55. The van der Waals surface area contributed by atoms with Gasteiger partial charge in [-0.3, -0.25) is 9.59 Å². The molecule has 0 unspecified atom stereocenters. The molecular formula is C25H20O3. The topological polar surface area (TPSA) is 54.4 Å². The van der Waals surface area contributed by atoms with Crippen LogP contribution in [0, 0.1) is 18.8 Å². The molecule has 2 bridgehead atoms. The predicted molar refractivity (Wildman–Crippen MR) is 107 cm³/mol. The van der Waals surface area contributed by atoms with Crippen LogP contribution in [0.15, 0.2) is 72.8 Å². The Morgan fingerprint density at radius 3 is 1.54 bits per heavy atom. The van der Waals surface area contributed by atoms with Gasteiger partial charge in [0.2, 0.25) is 0 Å². The molecule has 1 N–H and O–H groups in total.